The molecule has 0 atom stereocenters. The van der Waals surface area contributed by atoms with Gasteiger partial charge in [0.1, 0.15) is 10.6 Å². The van der Waals surface area contributed by atoms with E-state index >= 15 is 0 Å². The lowest BCUT2D eigenvalue weighted by atomic mass is 10.3. The van der Waals surface area contributed by atoms with Crippen molar-refractivity contribution in [2.45, 2.75) is 0 Å². The quantitative estimate of drug-likeness (QED) is 0.772. The summed E-state index contributed by atoms with van der Waals surface area (Å²) in [7, 11) is 1.72. The summed E-state index contributed by atoms with van der Waals surface area (Å²) in [4.78, 5) is 9.42. The maximum Gasteiger partial charge on any atom is 0.225 e. The summed E-state index contributed by atoms with van der Waals surface area (Å²) < 4.78 is 26.1. The van der Waals surface area contributed by atoms with Crippen LogP contribution in [-0.2, 0) is 0 Å². The highest BCUT2D eigenvalue weighted by molar-refractivity contribution is 7.16. The Bertz CT molecular complexity index is 772. The first-order valence-corrected chi connectivity index (χ1v) is 6.70. The van der Waals surface area contributed by atoms with Gasteiger partial charge in [-0.3, -0.25) is 0 Å². The summed E-state index contributed by atoms with van der Waals surface area (Å²) in [5, 5.41) is 8.58. The largest absolute Gasteiger partial charge is 0.357 e. The third kappa shape index (κ3) is 2.27. The van der Waals surface area contributed by atoms with Gasteiger partial charge in [0, 0.05) is 18.8 Å². The van der Waals surface area contributed by atoms with Crippen LogP contribution in [0.25, 0.3) is 10.2 Å². The van der Waals surface area contributed by atoms with E-state index < -0.39 is 11.6 Å². The van der Waals surface area contributed by atoms with Gasteiger partial charge in [-0.2, -0.15) is 4.98 Å². The van der Waals surface area contributed by atoms with Gasteiger partial charge in [-0.15, -0.1) is 11.3 Å². The molecule has 2 N–H and O–H groups in total. The van der Waals surface area contributed by atoms with Crippen molar-refractivity contribution in [1.29, 1.82) is 0 Å². The van der Waals surface area contributed by atoms with Crippen molar-refractivity contribution >= 4 is 39.0 Å². The number of nitrogens with one attached hydrogen (secondary N) is 2. The Morgan fingerprint density at radius 3 is 2.70 bits per heavy atom. The molecule has 0 fully saturated rings. The highest BCUT2D eigenvalue weighted by Crippen LogP contribution is 2.28. The lowest BCUT2D eigenvalue weighted by Gasteiger charge is -2.08. The van der Waals surface area contributed by atoms with Crippen molar-refractivity contribution in [3.63, 3.8) is 0 Å². The zero-order chi connectivity index (χ0) is 14.1. The number of aromatic nitrogens is 2. The number of anilines is 3. The van der Waals surface area contributed by atoms with Crippen LogP contribution in [0.15, 0.2) is 29.6 Å². The van der Waals surface area contributed by atoms with Crippen molar-refractivity contribution in [3.05, 3.63) is 41.3 Å². The second kappa shape index (κ2) is 5.01. The summed E-state index contributed by atoms with van der Waals surface area (Å²) in [6, 6.07) is 5.50. The van der Waals surface area contributed by atoms with Crippen LogP contribution in [0, 0.1) is 11.6 Å². The number of hydrogen-bond donors (Lipinski definition) is 2. The van der Waals surface area contributed by atoms with Gasteiger partial charge < -0.3 is 10.6 Å². The Kier molecular flexibility index (Phi) is 3.19. The molecular formula is C13H10F2N4S. The molecule has 0 amide bonds. The molecule has 1 aromatic carbocycles. The number of fused-ring (bicyclic) bond motifs is 1. The Balaban J connectivity index is 2.04. The van der Waals surface area contributed by atoms with E-state index in [2.05, 4.69) is 20.6 Å². The van der Waals surface area contributed by atoms with E-state index in [0.29, 0.717) is 17.5 Å². The molecule has 2 heterocycles. The van der Waals surface area contributed by atoms with Crippen molar-refractivity contribution in [2.75, 3.05) is 17.7 Å². The van der Waals surface area contributed by atoms with Crippen LogP contribution in [0.2, 0.25) is 0 Å². The average molecular weight is 292 g/mol. The predicted octanol–water partition coefficient (Wildman–Crippen LogP) is 3.75. The van der Waals surface area contributed by atoms with Gasteiger partial charge in [0.05, 0.1) is 5.39 Å². The Hall–Kier alpha value is -2.28. The third-order valence-corrected chi connectivity index (χ3v) is 3.54. The van der Waals surface area contributed by atoms with Crippen LogP contribution in [-0.4, -0.2) is 17.0 Å². The molecule has 4 nitrogen and oxygen atoms in total. The predicted molar refractivity (Wildman–Crippen MR) is 76.6 cm³/mol. The summed E-state index contributed by atoms with van der Waals surface area (Å²) >= 11 is 1.48. The van der Waals surface area contributed by atoms with Gasteiger partial charge in [-0.1, -0.05) is 0 Å². The topological polar surface area (TPSA) is 49.8 Å². The minimum absolute atomic E-state index is 0.428. The maximum absolute atomic E-state index is 13.2. The summed E-state index contributed by atoms with van der Waals surface area (Å²) in [6.45, 7) is 0. The molecule has 0 aliphatic rings. The molecule has 0 saturated heterocycles. The summed E-state index contributed by atoms with van der Waals surface area (Å²) in [6.07, 6.45) is 0. The molecule has 2 aromatic heterocycles. The lowest BCUT2D eigenvalue weighted by molar-refractivity contribution is 0.509. The van der Waals surface area contributed by atoms with E-state index in [1.54, 1.807) is 7.05 Å². The fourth-order valence-electron chi connectivity index (χ4n) is 1.77. The molecule has 3 aromatic rings. The van der Waals surface area contributed by atoms with Gasteiger partial charge in [-0.25, -0.2) is 13.8 Å². The second-order valence-electron chi connectivity index (χ2n) is 4.04. The minimum atomic E-state index is -0.903. The van der Waals surface area contributed by atoms with Crippen molar-refractivity contribution in [1.82, 2.24) is 9.97 Å². The smallest absolute Gasteiger partial charge is 0.225 e. The molecule has 102 valence electrons. The molecule has 3 rings (SSSR count). The standard InChI is InChI=1S/C13H10F2N4S/c1-16-13-18-11(8-4-5-20-12(8)19-13)17-7-2-3-9(14)10(15)6-7/h2-6H,1H3,(H2,16,17,18,19). The van der Waals surface area contributed by atoms with Crippen molar-refractivity contribution in [3.8, 4) is 0 Å². The molecule has 0 unspecified atom stereocenters. The zero-order valence-corrected chi connectivity index (χ0v) is 11.3. The average Bonchev–Trinajstić information content (AvgIpc) is 2.91. The van der Waals surface area contributed by atoms with Gasteiger partial charge in [0.25, 0.3) is 0 Å². The lowest BCUT2D eigenvalue weighted by Crippen LogP contribution is -2.01. The maximum atomic E-state index is 13.2. The van der Waals surface area contributed by atoms with E-state index in [4.69, 9.17) is 0 Å². The number of hydrogen-bond acceptors (Lipinski definition) is 5. The van der Waals surface area contributed by atoms with E-state index in [1.807, 2.05) is 11.4 Å². The van der Waals surface area contributed by atoms with Gasteiger partial charge in [-0.05, 0) is 23.6 Å². The first-order valence-electron chi connectivity index (χ1n) is 5.82. The number of benzene rings is 1. The molecule has 0 bridgehead atoms. The molecular weight excluding hydrogens is 282 g/mol. The fourth-order valence-corrected chi connectivity index (χ4v) is 2.54. The fraction of sp³-hybridized carbons (Fsp3) is 0.0769. The molecule has 0 radical (unpaired) electrons. The molecule has 0 saturated carbocycles. The van der Waals surface area contributed by atoms with Crippen LogP contribution in [0.1, 0.15) is 0 Å². The Morgan fingerprint density at radius 2 is 1.95 bits per heavy atom. The van der Waals surface area contributed by atoms with Crippen LogP contribution in [0.3, 0.4) is 0 Å². The zero-order valence-electron chi connectivity index (χ0n) is 10.4. The van der Waals surface area contributed by atoms with Gasteiger partial charge in [0.2, 0.25) is 5.95 Å². The summed E-state index contributed by atoms with van der Waals surface area (Å²) in [5.41, 5.74) is 0.428. The minimum Gasteiger partial charge on any atom is -0.357 e. The Labute approximate surface area is 117 Å². The summed E-state index contributed by atoms with van der Waals surface area (Å²) in [5.74, 6) is -0.772. The number of nitrogens with zero attached hydrogens (tertiary/aromatic N) is 2. The monoisotopic (exact) mass is 292 g/mol. The molecule has 0 aliphatic carbocycles. The highest BCUT2D eigenvalue weighted by atomic mass is 32.1. The molecule has 20 heavy (non-hydrogen) atoms. The number of thiophene rings is 1. The molecule has 0 spiro atoms. The number of rotatable bonds is 3. The van der Waals surface area contributed by atoms with E-state index in [-0.39, 0.29) is 0 Å². The van der Waals surface area contributed by atoms with Crippen LogP contribution in [0.5, 0.6) is 0 Å². The van der Waals surface area contributed by atoms with Crippen LogP contribution < -0.4 is 10.6 Å². The second-order valence-corrected chi connectivity index (χ2v) is 4.93. The number of halogens is 2. The first kappa shape index (κ1) is 12.7. The SMILES string of the molecule is CNc1nc(Nc2ccc(F)c(F)c2)c2ccsc2n1. The molecule has 0 aliphatic heterocycles. The van der Waals surface area contributed by atoms with Crippen molar-refractivity contribution < 1.29 is 8.78 Å². The van der Waals surface area contributed by atoms with Gasteiger partial charge in [0.15, 0.2) is 11.6 Å². The van der Waals surface area contributed by atoms with Crippen molar-refractivity contribution in [2.24, 2.45) is 0 Å². The van der Waals surface area contributed by atoms with Gasteiger partial charge >= 0.3 is 0 Å². The molecule has 7 heteroatoms. The highest BCUT2D eigenvalue weighted by Gasteiger charge is 2.09. The third-order valence-electron chi connectivity index (χ3n) is 2.73. The van der Waals surface area contributed by atoms with E-state index in [1.165, 1.54) is 17.4 Å². The van der Waals surface area contributed by atoms with E-state index in [0.717, 1.165) is 22.3 Å². The Morgan fingerprint density at radius 1 is 1.10 bits per heavy atom. The first-order chi connectivity index (χ1) is 9.67. The van der Waals surface area contributed by atoms with E-state index in [9.17, 15) is 8.78 Å². The van der Waals surface area contributed by atoms with Crippen LogP contribution >= 0.6 is 11.3 Å². The van der Waals surface area contributed by atoms with Crippen LogP contribution in [0.4, 0.5) is 26.2 Å². The normalized spacial score (nSPS) is 10.8.